The van der Waals surface area contributed by atoms with Gasteiger partial charge in [0.1, 0.15) is 5.82 Å². The summed E-state index contributed by atoms with van der Waals surface area (Å²) in [7, 11) is 0. The van der Waals surface area contributed by atoms with Crippen LogP contribution in [0.4, 0.5) is 11.8 Å². The highest BCUT2D eigenvalue weighted by atomic mass is 15.3. The maximum absolute atomic E-state index is 5.31. The highest BCUT2D eigenvalue weighted by Crippen LogP contribution is 2.31. The van der Waals surface area contributed by atoms with Crippen molar-refractivity contribution in [2.45, 2.75) is 26.2 Å². The van der Waals surface area contributed by atoms with Crippen molar-refractivity contribution in [2.75, 3.05) is 23.4 Å². The second kappa shape index (κ2) is 5.12. The predicted octanol–water partition coefficient (Wildman–Crippen LogP) is 1.39. The van der Waals surface area contributed by atoms with Crippen LogP contribution in [0, 0.1) is 5.92 Å². The molecule has 5 heteroatoms. The van der Waals surface area contributed by atoms with Gasteiger partial charge in [0.25, 0.3) is 0 Å². The molecule has 1 aromatic rings. The number of hydrazine groups is 1. The van der Waals surface area contributed by atoms with Gasteiger partial charge >= 0.3 is 0 Å². The normalized spacial score (nSPS) is 14.9. The van der Waals surface area contributed by atoms with Gasteiger partial charge in [-0.05, 0) is 31.2 Å². The summed E-state index contributed by atoms with van der Waals surface area (Å²) in [6.07, 6.45) is 5.58. The zero-order valence-electron chi connectivity index (χ0n) is 9.69. The number of nitrogens with one attached hydrogen (secondary N) is 1. The van der Waals surface area contributed by atoms with E-state index in [4.69, 9.17) is 5.84 Å². The minimum atomic E-state index is 0.481. The number of hydrogen-bond donors (Lipinski definition) is 2. The first-order chi connectivity index (χ1) is 7.83. The van der Waals surface area contributed by atoms with Crippen LogP contribution in [0.3, 0.4) is 0 Å². The molecule has 1 aliphatic carbocycles. The van der Waals surface area contributed by atoms with Crippen molar-refractivity contribution in [3.05, 3.63) is 12.3 Å². The molecule has 16 heavy (non-hydrogen) atoms. The van der Waals surface area contributed by atoms with Crippen LogP contribution < -0.4 is 16.2 Å². The molecule has 0 spiro atoms. The summed E-state index contributed by atoms with van der Waals surface area (Å²) in [4.78, 5) is 10.7. The lowest BCUT2D eigenvalue weighted by atomic mass is 10.3. The van der Waals surface area contributed by atoms with Crippen molar-refractivity contribution < 1.29 is 0 Å². The van der Waals surface area contributed by atoms with E-state index in [1.165, 1.54) is 12.8 Å². The number of hydrogen-bond acceptors (Lipinski definition) is 5. The molecule has 0 radical (unpaired) electrons. The lowest BCUT2D eigenvalue weighted by Gasteiger charge is -2.23. The monoisotopic (exact) mass is 221 g/mol. The molecule has 88 valence electrons. The van der Waals surface area contributed by atoms with Crippen LogP contribution in [0.15, 0.2) is 12.3 Å². The molecule has 2 rings (SSSR count). The van der Waals surface area contributed by atoms with E-state index in [1.807, 2.05) is 6.07 Å². The van der Waals surface area contributed by atoms with Gasteiger partial charge in [0.2, 0.25) is 5.95 Å². The third-order valence-electron chi connectivity index (χ3n) is 2.76. The molecule has 1 fully saturated rings. The average Bonchev–Trinajstić information content (AvgIpc) is 3.12. The number of nitrogen functional groups attached to an aromatic ring is 1. The van der Waals surface area contributed by atoms with Gasteiger partial charge < -0.3 is 4.90 Å². The zero-order valence-corrected chi connectivity index (χ0v) is 9.69. The summed E-state index contributed by atoms with van der Waals surface area (Å²) in [6, 6.07) is 1.94. The predicted molar refractivity (Wildman–Crippen MR) is 65.1 cm³/mol. The number of nitrogens with zero attached hydrogens (tertiary/aromatic N) is 3. The van der Waals surface area contributed by atoms with Gasteiger partial charge in [0, 0.05) is 19.3 Å². The van der Waals surface area contributed by atoms with Crippen molar-refractivity contribution in [3.8, 4) is 0 Å². The minimum Gasteiger partial charge on any atom is -0.356 e. The maximum atomic E-state index is 5.31. The number of nitrogens with two attached hydrogens (primary N) is 1. The Labute approximate surface area is 96.0 Å². The van der Waals surface area contributed by atoms with E-state index in [2.05, 4.69) is 27.2 Å². The molecule has 1 heterocycles. The van der Waals surface area contributed by atoms with E-state index in [0.717, 1.165) is 31.2 Å². The summed E-state index contributed by atoms with van der Waals surface area (Å²) >= 11 is 0. The fourth-order valence-corrected chi connectivity index (χ4v) is 1.78. The highest BCUT2D eigenvalue weighted by Gasteiger charge is 2.24. The Morgan fingerprint density at radius 2 is 2.38 bits per heavy atom. The lowest BCUT2D eigenvalue weighted by molar-refractivity contribution is 0.698. The summed E-state index contributed by atoms with van der Waals surface area (Å²) in [5, 5.41) is 0. The smallest absolute Gasteiger partial charge is 0.239 e. The second-order valence-electron chi connectivity index (χ2n) is 4.27. The standard InChI is InChI=1S/C11H19N5/c1-2-7-16(8-9-3-4-9)10-5-6-13-11(14-10)15-12/h5-6,9H,2-4,7-8,12H2,1H3,(H,13,14,15). The Balaban J connectivity index is 2.08. The van der Waals surface area contributed by atoms with Gasteiger partial charge in [-0.15, -0.1) is 0 Å². The number of anilines is 2. The Morgan fingerprint density at radius 1 is 1.56 bits per heavy atom. The van der Waals surface area contributed by atoms with Gasteiger partial charge in [0.05, 0.1) is 0 Å². The van der Waals surface area contributed by atoms with Gasteiger partial charge in [-0.1, -0.05) is 6.92 Å². The molecular weight excluding hydrogens is 202 g/mol. The molecule has 0 unspecified atom stereocenters. The average molecular weight is 221 g/mol. The van der Waals surface area contributed by atoms with Crippen LogP contribution in [0.25, 0.3) is 0 Å². The Hall–Kier alpha value is -1.36. The molecule has 0 aromatic carbocycles. The summed E-state index contributed by atoms with van der Waals surface area (Å²) < 4.78 is 0. The second-order valence-corrected chi connectivity index (χ2v) is 4.27. The van der Waals surface area contributed by atoms with E-state index in [9.17, 15) is 0 Å². The highest BCUT2D eigenvalue weighted by molar-refractivity contribution is 5.42. The van der Waals surface area contributed by atoms with Crippen LogP contribution >= 0.6 is 0 Å². The van der Waals surface area contributed by atoms with Gasteiger partial charge in [-0.25, -0.2) is 10.8 Å². The largest absolute Gasteiger partial charge is 0.356 e. The lowest BCUT2D eigenvalue weighted by Crippen LogP contribution is -2.28. The van der Waals surface area contributed by atoms with Crippen LogP contribution in [0.5, 0.6) is 0 Å². The molecule has 0 amide bonds. The van der Waals surface area contributed by atoms with Crippen molar-refractivity contribution in [1.82, 2.24) is 9.97 Å². The van der Waals surface area contributed by atoms with Gasteiger partial charge in [-0.3, -0.25) is 5.43 Å². The fourth-order valence-electron chi connectivity index (χ4n) is 1.78. The summed E-state index contributed by atoms with van der Waals surface area (Å²) in [6.45, 7) is 4.33. The quantitative estimate of drug-likeness (QED) is 0.561. The molecular formula is C11H19N5. The Morgan fingerprint density at radius 3 is 3.00 bits per heavy atom. The fraction of sp³-hybridized carbons (Fsp3) is 0.636. The third kappa shape index (κ3) is 2.82. The van der Waals surface area contributed by atoms with Crippen molar-refractivity contribution in [2.24, 2.45) is 11.8 Å². The van der Waals surface area contributed by atoms with Crippen molar-refractivity contribution in [3.63, 3.8) is 0 Å². The molecule has 1 saturated carbocycles. The van der Waals surface area contributed by atoms with Crippen LogP contribution in [0.1, 0.15) is 26.2 Å². The Bertz CT molecular complexity index is 337. The topological polar surface area (TPSA) is 67.1 Å². The first-order valence-corrected chi connectivity index (χ1v) is 5.88. The molecule has 0 aliphatic heterocycles. The minimum absolute atomic E-state index is 0.481. The van der Waals surface area contributed by atoms with E-state index < -0.39 is 0 Å². The first kappa shape index (κ1) is 11.1. The summed E-state index contributed by atoms with van der Waals surface area (Å²) in [5.74, 6) is 7.62. The summed E-state index contributed by atoms with van der Waals surface area (Å²) in [5.41, 5.74) is 2.48. The molecule has 0 atom stereocenters. The van der Waals surface area contributed by atoms with Crippen molar-refractivity contribution in [1.29, 1.82) is 0 Å². The SMILES string of the molecule is CCCN(CC1CC1)c1ccnc(NN)n1. The van der Waals surface area contributed by atoms with Crippen LogP contribution in [0.2, 0.25) is 0 Å². The van der Waals surface area contributed by atoms with E-state index in [-0.39, 0.29) is 0 Å². The van der Waals surface area contributed by atoms with Gasteiger partial charge in [0.15, 0.2) is 0 Å². The van der Waals surface area contributed by atoms with Crippen LogP contribution in [-0.2, 0) is 0 Å². The van der Waals surface area contributed by atoms with E-state index in [1.54, 1.807) is 6.20 Å². The molecule has 0 bridgehead atoms. The Kier molecular flexibility index (Phi) is 3.56. The van der Waals surface area contributed by atoms with E-state index in [0.29, 0.717) is 5.95 Å². The zero-order chi connectivity index (χ0) is 11.4. The van der Waals surface area contributed by atoms with Crippen LogP contribution in [-0.4, -0.2) is 23.1 Å². The maximum Gasteiger partial charge on any atom is 0.239 e. The third-order valence-corrected chi connectivity index (χ3v) is 2.76. The molecule has 5 nitrogen and oxygen atoms in total. The first-order valence-electron chi connectivity index (χ1n) is 5.88. The van der Waals surface area contributed by atoms with Crippen molar-refractivity contribution >= 4 is 11.8 Å². The van der Waals surface area contributed by atoms with Gasteiger partial charge in [-0.2, -0.15) is 4.98 Å². The number of rotatable bonds is 6. The number of aromatic nitrogens is 2. The van der Waals surface area contributed by atoms with E-state index >= 15 is 0 Å². The molecule has 3 N–H and O–H groups in total. The molecule has 1 aliphatic rings. The molecule has 0 saturated heterocycles. The molecule has 1 aromatic heterocycles.